The molecule has 0 aliphatic carbocycles. The molecule has 0 aliphatic rings. The third-order valence-corrected chi connectivity index (χ3v) is 3.49. The lowest BCUT2D eigenvalue weighted by molar-refractivity contribution is -0.166. The van der Waals surface area contributed by atoms with Crippen molar-refractivity contribution in [2.75, 3.05) is 13.2 Å². The van der Waals surface area contributed by atoms with Crippen molar-refractivity contribution in [3.05, 3.63) is 24.3 Å². The number of carboxylic acid groups (broad SMARTS) is 2. The Hall–Kier alpha value is -2.19. The normalized spacial score (nSPS) is 15.4. The monoisotopic (exact) mass is 344 g/mol. The zero-order valence-corrected chi connectivity index (χ0v) is 14.1. The molecule has 24 heavy (non-hydrogen) atoms. The zero-order chi connectivity index (χ0) is 19.2. The van der Waals surface area contributed by atoms with Crippen LogP contribution in [0.5, 0.6) is 0 Å². The van der Waals surface area contributed by atoms with E-state index in [1.165, 1.54) is 13.8 Å². The molecule has 0 rings (SSSR count). The summed E-state index contributed by atoms with van der Waals surface area (Å²) in [7, 11) is 0. The first-order valence-electron chi connectivity index (χ1n) is 7.12. The van der Waals surface area contributed by atoms with Crippen LogP contribution in [0.15, 0.2) is 24.3 Å². The van der Waals surface area contributed by atoms with Gasteiger partial charge in [-0.15, -0.1) is 0 Å². The molecule has 0 atom stereocenters. The minimum Gasteiger partial charge on any atom is -0.478 e. The van der Waals surface area contributed by atoms with E-state index < -0.39 is 34.3 Å². The van der Waals surface area contributed by atoms with Gasteiger partial charge < -0.3 is 25.2 Å². The van der Waals surface area contributed by atoms with Gasteiger partial charge in [0.25, 0.3) is 0 Å². The molecule has 0 fully saturated rings. The Morgan fingerprint density at radius 1 is 0.958 bits per heavy atom. The van der Waals surface area contributed by atoms with Gasteiger partial charge in [0.05, 0.1) is 18.6 Å². The second-order valence-corrected chi connectivity index (χ2v) is 6.69. The van der Waals surface area contributed by atoms with Gasteiger partial charge in [-0.05, 0) is 26.0 Å². The number of esters is 1. The number of aliphatic hydroxyl groups excluding tert-OH is 1. The van der Waals surface area contributed by atoms with Gasteiger partial charge in [-0.25, -0.2) is 9.59 Å². The number of aliphatic carboxylic acids is 2. The van der Waals surface area contributed by atoms with Crippen LogP contribution in [-0.2, 0) is 19.1 Å². The van der Waals surface area contributed by atoms with Crippen LogP contribution in [0.2, 0.25) is 0 Å². The van der Waals surface area contributed by atoms with Crippen molar-refractivity contribution >= 4 is 17.9 Å². The Balaban J connectivity index is 5.60. The van der Waals surface area contributed by atoms with E-state index >= 15 is 0 Å². The Bertz CT molecular complexity index is 518. The van der Waals surface area contributed by atoms with Crippen molar-refractivity contribution in [2.24, 2.45) is 10.8 Å². The summed E-state index contributed by atoms with van der Waals surface area (Å²) in [5, 5.41) is 37.2. The van der Waals surface area contributed by atoms with E-state index in [2.05, 4.69) is 0 Å². The molecule has 0 aromatic carbocycles. The Morgan fingerprint density at radius 3 is 1.71 bits per heavy atom. The standard InChI is InChI=1S/C16H24O8/c1-14(2,9-17)10-24-13(22)15(3,4)16(23,7-5-11(18)19)8-6-12(20)21/h5-8,17,23H,9-10H2,1-4H3,(H,18,19)(H,20,21). The fourth-order valence-corrected chi connectivity index (χ4v) is 1.52. The lowest BCUT2D eigenvalue weighted by Crippen LogP contribution is -2.48. The molecule has 8 heteroatoms. The molecule has 0 saturated heterocycles. The Labute approximate surface area is 140 Å². The molecule has 0 spiro atoms. The maximum atomic E-state index is 12.3. The average Bonchev–Trinajstić information content (AvgIpc) is 2.48. The van der Waals surface area contributed by atoms with Crippen molar-refractivity contribution in [3.63, 3.8) is 0 Å². The van der Waals surface area contributed by atoms with Gasteiger partial charge in [0, 0.05) is 17.6 Å². The van der Waals surface area contributed by atoms with Crippen LogP contribution >= 0.6 is 0 Å². The molecule has 0 aliphatic heterocycles. The minimum absolute atomic E-state index is 0.132. The number of aliphatic hydroxyl groups is 2. The highest BCUT2D eigenvalue weighted by Gasteiger charge is 2.47. The number of carboxylic acids is 2. The molecule has 0 radical (unpaired) electrons. The lowest BCUT2D eigenvalue weighted by atomic mass is 9.74. The smallest absolute Gasteiger partial charge is 0.328 e. The number of hydrogen-bond acceptors (Lipinski definition) is 6. The fourth-order valence-electron chi connectivity index (χ4n) is 1.52. The van der Waals surface area contributed by atoms with Gasteiger partial charge in [-0.2, -0.15) is 0 Å². The lowest BCUT2D eigenvalue weighted by Gasteiger charge is -2.37. The summed E-state index contributed by atoms with van der Waals surface area (Å²) in [6, 6.07) is 0. The van der Waals surface area contributed by atoms with E-state index in [1.54, 1.807) is 13.8 Å². The molecule has 4 N–H and O–H groups in total. The summed E-state index contributed by atoms with van der Waals surface area (Å²) in [6.07, 6.45) is 2.85. The molecule has 8 nitrogen and oxygen atoms in total. The molecule has 0 aromatic rings. The quantitative estimate of drug-likeness (QED) is 0.352. The summed E-state index contributed by atoms with van der Waals surface area (Å²) >= 11 is 0. The first-order chi connectivity index (χ1) is 10.8. The van der Waals surface area contributed by atoms with Gasteiger partial charge >= 0.3 is 17.9 Å². The predicted octanol–water partition coefficient (Wildman–Crippen LogP) is 0.587. The van der Waals surface area contributed by atoms with E-state index in [1.807, 2.05) is 0 Å². The summed E-state index contributed by atoms with van der Waals surface area (Å²) < 4.78 is 5.10. The molecule has 0 unspecified atom stereocenters. The summed E-state index contributed by atoms with van der Waals surface area (Å²) in [5.41, 5.74) is -4.59. The van der Waals surface area contributed by atoms with Crippen LogP contribution in [0.3, 0.4) is 0 Å². The molecular formula is C16H24O8. The largest absolute Gasteiger partial charge is 0.478 e. The topological polar surface area (TPSA) is 141 Å². The Morgan fingerprint density at radius 2 is 1.38 bits per heavy atom. The SMILES string of the molecule is CC(C)(CO)COC(=O)C(C)(C)C(O)(C=CC(=O)O)C=CC(=O)O. The van der Waals surface area contributed by atoms with Gasteiger partial charge in [0.15, 0.2) is 0 Å². The van der Waals surface area contributed by atoms with E-state index in [0.717, 1.165) is 12.2 Å². The fraction of sp³-hybridized carbons (Fsp3) is 0.562. The van der Waals surface area contributed by atoms with Gasteiger partial charge in [-0.3, -0.25) is 4.79 Å². The maximum absolute atomic E-state index is 12.3. The highest BCUT2D eigenvalue weighted by atomic mass is 16.5. The number of carbonyl (C=O) groups is 3. The molecule has 0 bridgehead atoms. The molecule has 136 valence electrons. The van der Waals surface area contributed by atoms with E-state index in [-0.39, 0.29) is 13.2 Å². The number of hydrogen-bond donors (Lipinski definition) is 4. The predicted molar refractivity (Wildman–Crippen MR) is 84.1 cm³/mol. The van der Waals surface area contributed by atoms with Crippen molar-refractivity contribution in [1.82, 2.24) is 0 Å². The van der Waals surface area contributed by atoms with Crippen LogP contribution in [0, 0.1) is 10.8 Å². The number of carbonyl (C=O) groups excluding carboxylic acids is 1. The van der Waals surface area contributed by atoms with Crippen molar-refractivity contribution < 1.29 is 39.5 Å². The summed E-state index contributed by atoms with van der Waals surface area (Å²) in [5.74, 6) is -3.62. The molecule has 0 aromatic heterocycles. The molecule has 0 amide bonds. The van der Waals surface area contributed by atoms with E-state index in [0.29, 0.717) is 12.2 Å². The van der Waals surface area contributed by atoms with Crippen LogP contribution in [0.25, 0.3) is 0 Å². The van der Waals surface area contributed by atoms with Crippen molar-refractivity contribution in [2.45, 2.75) is 33.3 Å². The molecule has 0 saturated carbocycles. The third kappa shape index (κ3) is 6.13. The summed E-state index contributed by atoms with van der Waals surface area (Å²) in [4.78, 5) is 33.7. The second-order valence-electron chi connectivity index (χ2n) is 6.69. The average molecular weight is 344 g/mol. The van der Waals surface area contributed by atoms with Crippen LogP contribution in [-0.4, -0.2) is 57.1 Å². The first kappa shape index (κ1) is 21.8. The van der Waals surface area contributed by atoms with E-state index in [4.69, 9.17) is 20.1 Å². The maximum Gasteiger partial charge on any atom is 0.328 e. The van der Waals surface area contributed by atoms with Crippen molar-refractivity contribution in [1.29, 1.82) is 0 Å². The highest BCUT2D eigenvalue weighted by Crippen LogP contribution is 2.35. The Kier molecular flexibility index (Phi) is 7.33. The van der Waals surface area contributed by atoms with Crippen LogP contribution < -0.4 is 0 Å². The van der Waals surface area contributed by atoms with Gasteiger partial charge in [0.1, 0.15) is 5.60 Å². The van der Waals surface area contributed by atoms with Crippen LogP contribution in [0.4, 0.5) is 0 Å². The van der Waals surface area contributed by atoms with Crippen LogP contribution in [0.1, 0.15) is 27.7 Å². The highest BCUT2D eigenvalue weighted by molar-refractivity contribution is 5.84. The van der Waals surface area contributed by atoms with Gasteiger partial charge in [0.2, 0.25) is 0 Å². The second kappa shape index (κ2) is 8.07. The minimum atomic E-state index is -2.20. The summed E-state index contributed by atoms with van der Waals surface area (Å²) in [6.45, 7) is 5.54. The third-order valence-electron chi connectivity index (χ3n) is 3.49. The van der Waals surface area contributed by atoms with E-state index in [9.17, 15) is 19.5 Å². The van der Waals surface area contributed by atoms with Crippen molar-refractivity contribution in [3.8, 4) is 0 Å². The zero-order valence-electron chi connectivity index (χ0n) is 14.1. The number of ether oxygens (including phenoxy) is 1. The first-order valence-corrected chi connectivity index (χ1v) is 7.12. The van der Waals surface area contributed by atoms with Gasteiger partial charge in [-0.1, -0.05) is 13.8 Å². The molecule has 0 heterocycles. The number of rotatable bonds is 9. The molecular weight excluding hydrogens is 320 g/mol.